The maximum Gasteiger partial charge on any atom is 0.317 e. The highest BCUT2D eigenvalue weighted by molar-refractivity contribution is 5.76. The zero-order chi connectivity index (χ0) is 11.1. The standard InChI is InChI=1S/C11H19N3O/c1-3-5-10(4-2)12-6-8-14-9-7-13-11(14)15/h1,10,12H,4-9H2,2H3,(H,13,15). The van der Waals surface area contributed by atoms with E-state index < -0.39 is 0 Å². The average molecular weight is 209 g/mol. The van der Waals surface area contributed by atoms with Gasteiger partial charge in [-0.25, -0.2) is 4.79 Å². The van der Waals surface area contributed by atoms with E-state index in [-0.39, 0.29) is 6.03 Å². The molecule has 1 unspecified atom stereocenters. The molecule has 1 fully saturated rings. The van der Waals surface area contributed by atoms with Crippen LogP contribution in [0.1, 0.15) is 19.8 Å². The first-order valence-corrected chi connectivity index (χ1v) is 5.47. The second-order valence-corrected chi connectivity index (χ2v) is 3.69. The molecule has 4 nitrogen and oxygen atoms in total. The first-order valence-electron chi connectivity index (χ1n) is 5.47. The van der Waals surface area contributed by atoms with Gasteiger partial charge in [0, 0.05) is 38.6 Å². The lowest BCUT2D eigenvalue weighted by molar-refractivity contribution is 0.217. The van der Waals surface area contributed by atoms with Crippen molar-refractivity contribution in [2.75, 3.05) is 26.2 Å². The van der Waals surface area contributed by atoms with E-state index in [9.17, 15) is 4.79 Å². The van der Waals surface area contributed by atoms with Crippen LogP contribution in [0.2, 0.25) is 0 Å². The van der Waals surface area contributed by atoms with Gasteiger partial charge in [0.05, 0.1) is 0 Å². The molecule has 2 amide bonds. The van der Waals surface area contributed by atoms with Crippen molar-refractivity contribution < 1.29 is 4.79 Å². The highest BCUT2D eigenvalue weighted by atomic mass is 16.2. The Morgan fingerprint density at radius 2 is 2.53 bits per heavy atom. The highest BCUT2D eigenvalue weighted by Gasteiger charge is 2.18. The summed E-state index contributed by atoms with van der Waals surface area (Å²) in [6.07, 6.45) is 7.03. The molecule has 0 aromatic heterocycles. The van der Waals surface area contributed by atoms with Crippen molar-refractivity contribution in [3.05, 3.63) is 0 Å². The van der Waals surface area contributed by atoms with Crippen molar-refractivity contribution in [3.63, 3.8) is 0 Å². The van der Waals surface area contributed by atoms with Crippen LogP contribution in [0.5, 0.6) is 0 Å². The molecule has 0 bridgehead atoms. The van der Waals surface area contributed by atoms with E-state index in [1.165, 1.54) is 0 Å². The van der Waals surface area contributed by atoms with E-state index in [4.69, 9.17) is 6.42 Å². The SMILES string of the molecule is C#CCC(CC)NCCN1CCNC1=O. The summed E-state index contributed by atoms with van der Waals surface area (Å²) >= 11 is 0. The molecule has 1 heterocycles. The Balaban J connectivity index is 2.14. The lowest BCUT2D eigenvalue weighted by Gasteiger charge is -2.18. The molecule has 84 valence electrons. The number of rotatable bonds is 6. The molecule has 0 aromatic rings. The number of carbonyl (C=O) groups is 1. The topological polar surface area (TPSA) is 44.4 Å². The van der Waals surface area contributed by atoms with Crippen molar-refractivity contribution in [2.24, 2.45) is 0 Å². The molecule has 1 rings (SSSR count). The van der Waals surface area contributed by atoms with Gasteiger partial charge < -0.3 is 15.5 Å². The van der Waals surface area contributed by atoms with Crippen LogP contribution in [0.4, 0.5) is 4.79 Å². The predicted molar refractivity (Wildman–Crippen MR) is 60.5 cm³/mol. The summed E-state index contributed by atoms with van der Waals surface area (Å²) in [4.78, 5) is 13.0. The Morgan fingerprint density at radius 3 is 3.07 bits per heavy atom. The van der Waals surface area contributed by atoms with Crippen LogP contribution in [-0.4, -0.2) is 43.2 Å². The zero-order valence-corrected chi connectivity index (χ0v) is 9.25. The molecular formula is C11H19N3O. The molecule has 1 saturated heterocycles. The maximum absolute atomic E-state index is 11.2. The van der Waals surface area contributed by atoms with Gasteiger partial charge in [0.15, 0.2) is 0 Å². The summed E-state index contributed by atoms with van der Waals surface area (Å²) in [5.41, 5.74) is 0. The van der Waals surface area contributed by atoms with Gasteiger partial charge in [-0.05, 0) is 6.42 Å². The first-order chi connectivity index (χ1) is 7.27. The molecule has 15 heavy (non-hydrogen) atoms. The van der Waals surface area contributed by atoms with E-state index in [1.807, 2.05) is 4.90 Å². The van der Waals surface area contributed by atoms with Crippen molar-refractivity contribution in [3.8, 4) is 12.3 Å². The van der Waals surface area contributed by atoms with Crippen LogP contribution in [-0.2, 0) is 0 Å². The molecule has 0 spiro atoms. The van der Waals surface area contributed by atoms with Crippen molar-refractivity contribution in [1.82, 2.24) is 15.5 Å². The van der Waals surface area contributed by atoms with Gasteiger partial charge in [-0.15, -0.1) is 12.3 Å². The molecule has 0 aliphatic carbocycles. The Hall–Kier alpha value is -1.21. The summed E-state index contributed by atoms with van der Waals surface area (Å²) in [5.74, 6) is 2.65. The number of hydrogen-bond acceptors (Lipinski definition) is 2. The van der Waals surface area contributed by atoms with Crippen LogP contribution in [0.15, 0.2) is 0 Å². The van der Waals surface area contributed by atoms with Gasteiger partial charge in [0.25, 0.3) is 0 Å². The van der Waals surface area contributed by atoms with Gasteiger partial charge in [-0.2, -0.15) is 0 Å². The van der Waals surface area contributed by atoms with Crippen LogP contribution >= 0.6 is 0 Å². The quantitative estimate of drug-likeness (QED) is 0.622. The fourth-order valence-corrected chi connectivity index (χ4v) is 1.63. The fourth-order valence-electron chi connectivity index (χ4n) is 1.63. The van der Waals surface area contributed by atoms with Crippen molar-refractivity contribution in [1.29, 1.82) is 0 Å². The van der Waals surface area contributed by atoms with Gasteiger partial charge >= 0.3 is 6.03 Å². The predicted octanol–water partition coefficient (Wildman–Crippen LogP) is 0.403. The summed E-state index contributed by atoms with van der Waals surface area (Å²) in [6, 6.07) is 0.419. The van der Waals surface area contributed by atoms with Crippen LogP contribution in [0.25, 0.3) is 0 Å². The van der Waals surface area contributed by atoms with Crippen LogP contribution < -0.4 is 10.6 Å². The number of urea groups is 1. The van der Waals surface area contributed by atoms with Gasteiger partial charge in [0.1, 0.15) is 0 Å². The minimum absolute atomic E-state index is 0.0433. The zero-order valence-electron chi connectivity index (χ0n) is 9.25. The van der Waals surface area contributed by atoms with E-state index in [2.05, 4.69) is 23.5 Å². The number of amides is 2. The molecule has 0 aromatic carbocycles. The Labute approximate surface area is 91.4 Å². The molecule has 0 radical (unpaired) electrons. The molecular weight excluding hydrogens is 190 g/mol. The lowest BCUT2D eigenvalue weighted by atomic mass is 10.1. The monoisotopic (exact) mass is 209 g/mol. The van der Waals surface area contributed by atoms with Gasteiger partial charge in [-0.1, -0.05) is 6.92 Å². The number of hydrogen-bond donors (Lipinski definition) is 2. The third-order valence-corrected chi connectivity index (χ3v) is 2.62. The molecule has 0 saturated carbocycles. The summed E-state index contributed by atoms with van der Waals surface area (Å²) in [7, 11) is 0. The number of nitrogens with zero attached hydrogens (tertiary/aromatic N) is 1. The fraction of sp³-hybridized carbons (Fsp3) is 0.727. The second-order valence-electron chi connectivity index (χ2n) is 3.69. The molecule has 1 atom stereocenters. The van der Waals surface area contributed by atoms with Crippen molar-refractivity contribution in [2.45, 2.75) is 25.8 Å². The third-order valence-electron chi connectivity index (χ3n) is 2.62. The summed E-state index contributed by atoms with van der Waals surface area (Å²) in [5, 5.41) is 6.13. The molecule has 4 heteroatoms. The first kappa shape index (κ1) is 11.9. The minimum Gasteiger partial charge on any atom is -0.336 e. The lowest BCUT2D eigenvalue weighted by Crippen LogP contribution is -2.38. The Bertz CT molecular complexity index is 247. The summed E-state index contributed by atoms with van der Waals surface area (Å²) in [6.45, 7) is 5.25. The van der Waals surface area contributed by atoms with Crippen LogP contribution in [0, 0.1) is 12.3 Å². The van der Waals surface area contributed by atoms with E-state index in [0.717, 1.165) is 39.0 Å². The maximum atomic E-state index is 11.2. The second kappa shape index (κ2) is 6.31. The van der Waals surface area contributed by atoms with Crippen molar-refractivity contribution >= 4 is 6.03 Å². The summed E-state index contributed by atoms with van der Waals surface area (Å²) < 4.78 is 0. The Kier molecular flexibility index (Phi) is 4.99. The van der Waals surface area contributed by atoms with E-state index in [1.54, 1.807) is 0 Å². The number of carbonyl (C=O) groups excluding carboxylic acids is 1. The average Bonchev–Trinajstić information content (AvgIpc) is 2.63. The largest absolute Gasteiger partial charge is 0.336 e. The smallest absolute Gasteiger partial charge is 0.317 e. The highest BCUT2D eigenvalue weighted by Crippen LogP contribution is 1.97. The van der Waals surface area contributed by atoms with E-state index in [0.29, 0.717) is 6.04 Å². The van der Waals surface area contributed by atoms with E-state index >= 15 is 0 Å². The number of terminal acetylenes is 1. The molecule has 1 aliphatic rings. The molecule has 2 N–H and O–H groups in total. The Morgan fingerprint density at radius 1 is 1.73 bits per heavy atom. The van der Waals surface area contributed by atoms with Crippen LogP contribution in [0.3, 0.4) is 0 Å². The molecule has 1 aliphatic heterocycles. The normalized spacial score (nSPS) is 17.3. The number of nitrogens with one attached hydrogen (secondary N) is 2. The third kappa shape index (κ3) is 3.80. The van der Waals surface area contributed by atoms with Gasteiger partial charge in [-0.3, -0.25) is 0 Å². The minimum atomic E-state index is 0.0433. The van der Waals surface area contributed by atoms with Gasteiger partial charge in [0.2, 0.25) is 0 Å².